The lowest BCUT2D eigenvalue weighted by molar-refractivity contribution is 0.0711. The fraction of sp³-hybridized carbons (Fsp3) is 0.133. The third kappa shape index (κ3) is 5.93. The van der Waals surface area contributed by atoms with E-state index in [1.54, 1.807) is 41.3 Å². The lowest BCUT2D eigenvalue weighted by atomic mass is 10.2. The van der Waals surface area contributed by atoms with Crippen LogP contribution in [0, 0.1) is 0 Å². The summed E-state index contributed by atoms with van der Waals surface area (Å²) in [6.07, 6.45) is 0.640. The van der Waals surface area contributed by atoms with Crippen molar-refractivity contribution in [2.24, 2.45) is 0 Å². The number of benzene rings is 3. The summed E-state index contributed by atoms with van der Waals surface area (Å²) in [7, 11) is 0. The van der Waals surface area contributed by atoms with Gasteiger partial charge < -0.3 is 19.1 Å². The van der Waals surface area contributed by atoms with Crippen LogP contribution < -0.4 is 10.9 Å². The van der Waals surface area contributed by atoms with Gasteiger partial charge in [-0.15, -0.1) is 0 Å². The summed E-state index contributed by atoms with van der Waals surface area (Å²) in [5, 5.41) is 5.15. The first-order valence-electron chi connectivity index (χ1n) is 12.1. The molecule has 0 aliphatic rings. The maximum Gasteiger partial charge on any atom is 0.338 e. The summed E-state index contributed by atoms with van der Waals surface area (Å²) in [4.78, 5) is 27.2. The summed E-state index contributed by atoms with van der Waals surface area (Å²) in [6.45, 7) is 1.44. The van der Waals surface area contributed by atoms with Gasteiger partial charge in [0.05, 0.1) is 10.7 Å². The summed E-state index contributed by atoms with van der Waals surface area (Å²) >= 11 is 12.5. The zero-order valence-corrected chi connectivity index (χ0v) is 21.8. The van der Waals surface area contributed by atoms with Crippen molar-refractivity contribution in [2.45, 2.75) is 13.0 Å². The predicted molar refractivity (Wildman–Crippen MR) is 151 cm³/mol. The van der Waals surface area contributed by atoms with Crippen LogP contribution in [-0.4, -0.2) is 23.9 Å². The molecule has 5 aromatic rings. The monoisotopic (exact) mass is 546 g/mol. The summed E-state index contributed by atoms with van der Waals surface area (Å²) in [6, 6.07) is 27.1. The van der Waals surface area contributed by atoms with Gasteiger partial charge in [0, 0.05) is 41.7 Å². The van der Waals surface area contributed by atoms with E-state index in [4.69, 9.17) is 32.0 Å². The number of hydrogen-bond donors (Lipinski definition) is 1. The van der Waals surface area contributed by atoms with Gasteiger partial charge in [-0.2, -0.15) is 0 Å². The first-order valence-corrected chi connectivity index (χ1v) is 12.9. The van der Waals surface area contributed by atoms with Crippen molar-refractivity contribution < 1.29 is 13.6 Å². The SMILES string of the molecule is O=C(c1ccc(-c2cc(Cl)ccc2Cl)o1)N(CCCNc1cc(=O)oc2ccccc12)Cc1ccccc1. The van der Waals surface area contributed by atoms with Gasteiger partial charge in [-0.05, 0) is 54.4 Å². The van der Waals surface area contributed by atoms with Crippen LogP contribution in [0.3, 0.4) is 0 Å². The van der Waals surface area contributed by atoms with Crippen LogP contribution in [-0.2, 0) is 6.54 Å². The molecular formula is C30H24Cl2N2O4. The number of hydrogen-bond acceptors (Lipinski definition) is 5. The van der Waals surface area contributed by atoms with E-state index < -0.39 is 5.63 Å². The van der Waals surface area contributed by atoms with Crippen molar-refractivity contribution in [3.05, 3.63) is 123 Å². The molecule has 0 bridgehead atoms. The highest BCUT2D eigenvalue weighted by Gasteiger charge is 2.21. The summed E-state index contributed by atoms with van der Waals surface area (Å²) in [5.41, 5.74) is 2.44. The number of rotatable bonds is 9. The Labute approximate surface area is 229 Å². The van der Waals surface area contributed by atoms with Crippen LogP contribution in [0.4, 0.5) is 5.69 Å². The second-order valence-corrected chi connectivity index (χ2v) is 9.60. The Morgan fingerprint density at radius 1 is 0.868 bits per heavy atom. The number of halogens is 2. The molecule has 8 heteroatoms. The minimum absolute atomic E-state index is 0.214. The Hall–Kier alpha value is -4.00. The summed E-state index contributed by atoms with van der Waals surface area (Å²) in [5.74, 6) is 0.451. The topological polar surface area (TPSA) is 75.7 Å². The van der Waals surface area contributed by atoms with Crippen LogP contribution in [0.5, 0.6) is 0 Å². The van der Waals surface area contributed by atoms with Gasteiger partial charge in [-0.1, -0.05) is 65.7 Å². The molecule has 0 fully saturated rings. The van der Waals surface area contributed by atoms with Crippen molar-refractivity contribution >= 4 is 45.8 Å². The number of carbonyl (C=O) groups is 1. The van der Waals surface area contributed by atoms with E-state index in [0.29, 0.717) is 58.7 Å². The van der Waals surface area contributed by atoms with Gasteiger partial charge in [0.2, 0.25) is 0 Å². The van der Waals surface area contributed by atoms with E-state index in [1.807, 2.05) is 48.5 Å². The third-order valence-corrected chi connectivity index (χ3v) is 6.65. The second-order valence-electron chi connectivity index (χ2n) is 8.76. The predicted octanol–water partition coefficient (Wildman–Crippen LogP) is 7.50. The molecule has 0 spiro atoms. The first kappa shape index (κ1) is 25.6. The van der Waals surface area contributed by atoms with Gasteiger partial charge in [0.25, 0.3) is 5.91 Å². The molecule has 0 unspecified atom stereocenters. The molecule has 0 aliphatic heterocycles. The standard InChI is InChI=1S/C30H24Cl2N2O4/c31-21-11-12-24(32)23(17-21)27-13-14-28(37-27)30(36)34(19-20-7-2-1-3-8-20)16-6-15-33-25-18-29(35)38-26-10-5-4-9-22(25)26/h1-5,7-14,17-18,33H,6,15-16,19H2. The van der Waals surface area contributed by atoms with Gasteiger partial charge in [-0.25, -0.2) is 4.79 Å². The zero-order valence-electron chi connectivity index (χ0n) is 20.3. The Morgan fingerprint density at radius 3 is 2.50 bits per heavy atom. The highest BCUT2D eigenvalue weighted by molar-refractivity contribution is 6.35. The molecule has 3 aromatic carbocycles. The molecule has 0 radical (unpaired) electrons. The van der Waals surface area contributed by atoms with Crippen LogP contribution in [0.25, 0.3) is 22.3 Å². The molecule has 38 heavy (non-hydrogen) atoms. The van der Waals surface area contributed by atoms with Crippen molar-refractivity contribution in [1.82, 2.24) is 4.90 Å². The minimum Gasteiger partial charge on any atom is -0.451 e. The van der Waals surface area contributed by atoms with E-state index >= 15 is 0 Å². The lowest BCUT2D eigenvalue weighted by Gasteiger charge is -2.22. The van der Waals surface area contributed by atoms with Gasteiger partial charge in [-0.3, -0.25) is 4.79 Å². The van der Waals surface area contributed by atoms with E-state index in [0.717, 1.165) is 10.9 Å². The number of nitrogens with zero attached hydrogens (tertiary/aromatic N) is 1. The van der Waals surface area contributed by atoms with E-state index in [2.05, 4.69) is 5.32 Å². The summed E-state index contributed by atoms with van der Waals surface area (Å²) < 4.78 is 11.2. The number of furan rings is 1. The largest absolute Gasteiger partial charge is 0.451 e. The van der Waals surface area contributed by atoms with E-state index in [-0.39, 0.29) is 11.7 Å². The maximum atomic E-state index is 13.5. The Morgan fingerprint density at radius 2 is 1.66 bits per heavy atom. The van der Waals surface area contributed by atoms with Crippen LogP contribution in [0.1, 0.15) is 22.5 Å². The zero-order chi connectivity index (χ0) is 26.5. The molecule has 0 saturated carbocycles. The molecule has 1 N–H and O–H groups in total. The highest BCUT2D eigenvalue weighted by atomic mass is 35.5. The maximum absolute atomic E-state index is 13.5. The fourth-order valence-electron chi connectivity index (χ4n) is 4.25. The molecule has 1 amide bonds. The number of fused-ring (bicyclic) bond motifs is 1. The van der Waals surface area contributed by atoms with Crippen molar-refractivity contribution in [2.75, 3.05) is 18.4 Å². The number of amides is 1. The van der Waals surface area contributed by atoms with Crippen LogP contribution >= 0.6 is 23.2 Å². The van der Waals surface area contributed by atoms with Gasteiger partial charge in [0.15, 0.2) is 5.76 Å². The molecule has 0 aliphatic carbocycles. The Kier molecular flexibility index (Phi) is 7.82. The van der Waals surface area contributed by atoms with Crippen molar-refractivity contribution in [3.8, 4) is 11.3 Å². The Balaban J connectivity index is 1.31. The smallest absolute Gasteiger partial charge is 0.338 e. The lowest BCUT2D eigenvalue weighted by Crippen LogP contribution is -2.32. The first-order chi connectivity index (χ1) is 18.5. The molecule has 6 nitrogen and oxygen atoms in total. The number of anilines is 1. The molecule has 2 heterocycles. The quantitative estimate of drug-likeness (QED) is 0.153. The number of nitrogens with one attached hydrogen (secondary N) is 1. The molecular weight excluding hydrogens is 523 g/mol. The van der Waals surface area contributed by atoms with Crippen molar-refractivity contribution in [3.63, 3.8) is 0 Å². The average molecular weight is 547 g/mol. The van der Waals surface area contributed by atoms with Crippen LogP contribution in [0.2, 0.25) is 10.0 Å². The van der Waals surface area contributed by atoms with Gasteiger partial charge in [0.1, 0.15) is 11.3 Å². The Bertz CT molecular complexity index is 1630. The molecule has 2 aromatic heterocycles. The second kappa shape index (κ2) is 11.6. The normalized spacial score (nSPS) is 11.0. The van der Waals surface area contributed by atoms with Crippen molar-refractivity contribution in [1.29, 1.82) is 0 Å². The minimum atomic E-state index is -0.416. The van der Waals surface area contributed by atoms with Gasteiger partial charge >= 0.3 is 5.63 Å². The third-order valence-electron chi connectivity index (χ3n) is 6.08. The number of carbonyl (C=O) groups excluding carboxylic acids is 1. The molecule has 192 valence electrons. The van der Waals surface area contributed by atoms with Crippen LogP contribution in [0.15, 0.2) is 105 Å². The molecule has 0 atom stereocenters. The van der Waals surface area contributed by atoms with E-state index in [1.165, 1.54) is 6.07 Å². The molecule has 5 rings (SSSR count). The highest BCUT2D eigenvalue weighted by Crippen LogP contribution is 2.32. The number of para-hydroxylation sites is 1. The molecule has 0 saturated heterocycles. The van der Waals surface area contributed by atoms with E-state index in [9.17, 15) is 9.59 Å². The fourth-order valence-corrected chi connectivity index (χ4v) is 4.63. The average Bonchev–Trinajstić information content (AvgIpc) is 3.42.